The van der Waals surface area contributed by atoms with Gasteiger partial charge in [0, 0.05) is 31.9 Å². The Kier molecular flexibility index (Phi) is 6.67. The maximum absolute atomic E-state index is 14.2. The van der Waals surface area contributed by atoms with Gasteiger partial charge in [-0.1, -0.05) is 25.4 Å². The Balaban J connectivity index is 0.00000109. The van der Waals surface area contributed by atoms with E-state index in [1.807, 2.05) is 18.7 Å². The fourth-order valence-corrected chi connectivity index (χ4v) is 2.73. The van der Waals surface area contributed by atoms with Gasteiger partial charge < -0.3 is 15.0 Å². The second-order valence-electron chi connectivity index (χ2n) is 5.12. The molecule has 0 aromatic carbocycles. The summed E-state index contributed by atoms with van der Waals surface area (Å²) in [7, 11) is 1.42. The van der Waals surface area contributed by atoms with Crippen LogP contribution in [0.15, 0.2) is 6.20 Å². The molecule has 9 heteroatoms. The van der Waals surface area contributed by atoms with Crippen LogP contribution in [0.25, 0.3) is 10.9 Å². The Hall–Kier alpha value is -2.24. The summed E-state index contributed by atoms with van der Waals surface area (Å²) in [6.07, 6.45) is 1.84. The van der Waals surface area contributed by atoms with Crippen LogP contribution in [0.1, 0.15) is 20.3 Å². The third kappa shape index (κ3) is 4.06. The summed E-state index contributed by atoms with van der Waals surface area (Å²) in [4.78, 5) is 14.2. The number of nitriles is 1. The first-order valence-corrected chi connectivity index (χ1v) is 8.43. The molecule has 1 N–H and O–H groups in total. The minimum atomic E-state index is -0.699. The lowest BCUT2D eigenvalue weighted by molar-refractivity contribution is 0.380. The number of methoxy groups -OCH3 is 1. The second-order valence-corrected chi connectivity index (χ2v) is 5.48. The van der Waals surface area contributed by atoms with Gasteiger partial charge in [-0.3, -0.25) is 0 Å². The molecule has 0 saturated carbocycles. The Labute approximate surface area is 150 Å². The second kappa shape index (κ2) is 8.74. The van der Waals surface area contributed by atoms with Crippen molar-refractivity contribution in [1.29, 1.82) is 5.26 Å². The molecule has 1 atom stereocenters. The molecule has 1 aliphatic rings. The van der Waals surface area contributed by atoms with Gasteiger partial charge in [-0.2, -0.15) is 15.2 Å². The molecule has 0 spiro atoms. The number of anilines is 1. The predicted octanol–water partition coefficient (Wildman–Crippen LogP) is 2.54. The Morgan fingerprint density at radius 1 is 1.48 bits per heavy atom. The number of halogens is 2. The van der Waals surface area contributed by atoms with E-state index < -0.39 is 5.82 Å². The summed E-state index contributed by atoms with van der Waals surface area (Å²) in [5, 5.41) is 12.4. The summed E-state index contributed by atoms with van der Waals surface area (Å²) < 4.78 is 19.3. The van der Waals surface area contributed by atoms with E-state index in [1.165, 1.54) is 13.3 Å². The number of nitrogens with one attached hydrogen (secondary N) is 1. The third-order valence-corrected chi connectivity index (χ3v) is 3.94. The number of fused-ring (bicyclic) bond motifs is 1. The topological polar surface area (TPSA) is 87.0 Å². The van der Waals surface area contributed by atoms with Crippen LogP contribution in [-0.2, 0) is 0 Å². The van der Waals surface area contributed by atoms with Crippen molar-refractivity contribution in [1.82, 2.24) is 20.3 Å². The molecule has 2 aromatic heterocycles. The first-order chi connectivity index (χ1) is 12.1. The van der Waals surface area contributed by atoms with Crippen LogP contribution in [0.5, 0.6) is 6.01 Å². The molecule has 0 radical (unpaired) electrons. The van der Waals surface area contributed by atoms with E-state index in [1.54, 1.807) is 0 Å². The van der Waals surface area contributed by atoms with Crippen molar-refractivity contribution in [3.05, 3.63) is 17.2 Å². The molecular formula is C16H20ClFN6O. The van der Waals surface area contributed by atoms with Gasteiger partial charge >= 0.3 is 6.01 Å². The highest BCUT2D eigenvalue weighted by Crippen LogP contribution is 2.30. The lowest BCUT2D eigenvalue weighted by atomic mass is 10.1. The molecule has 1 unspecified atom stereocenters. The standard InChI is InChI=1S/C14H14ClFN6O.C2H6/c1-23-14-20-11-9(6-19-12(15)10(11)16)13(21-14)22-5-4-18-8(7-22)2-3-17;1-2/h6,8,18H,2,4-5,7H2,1H3;1-2H3. The van der Waals surface area contributed by atoms with Crippen LogP contribution in [0, 0.1) is 17.1 Å². The average Bonchev–Trinajstić information content (AvgIpc) is 2.66. The highest BCUT2D eigenvalue weighted by Gasteiger charge is 2.24. The SMILES string of the molecule is CC.COc1nc(N2CCNC(CC#N)C2)c2cnc(Cl)c(F)c2n1. The normalized spacial score (nSPS) is 16.8. The maximum atomic E-state index is 14.2. The zero-order chi connectivity index (χ0) is 18.4. The van der Waals surface area contributed by atoms with E-state index in [9.17, 15) is 4.39 Å². The lowest BCUT2D eigenvalue weighted by Gasteiger charge is -2.34. The smallest absolute Gasteiger partial charge is 0.318 e. The van der Waals surface area contributed by atoms with Crippen LogP contribution >= 0.6 is 11.6 Å². The maximum Gasteiger partial charge on any atom is 0.318 e. The summed E-state index contributed by atoms with van der Waals surface area (Å²) in [5.41, 5.74) is 0.0715. The van der Waals surface area contributed by atoms with Crippen molar-refractivity contribution in [2.24, 2.45) is 0 Å². The Morgan fingerprint density at radius 3 is 2.92 bits per heavy atom. The van der Waals surface area contributed by atoms with Crippen molar-refractivity contribution < 1.29 is 9.13 Å². The highest BCUT2D eigenvalue weighted by atomic mass is 35.5. The summed E-state index contributed by atoms with van der Waals surface area (Å²) >= 11 is 5.74. The number of rotatable bonds is 3. The minimum Gasteiger partial charge on any atom is -0.467 e. The van der Waals surface area contributed by atoms with Crippen LogP contribution in [0.3, 0.4) is 0 Å². The first kappa shape index (κ1) is 19.1. The lowest BCUT2D eigenvalue weighted by Crippen LogP contribution is -2.51. The molecule has 1 fully saturated rings. The molecule has 134 valence electrons. The van der Waals surface area contributed by atoms with Gasteiger partial charge in [0.05, 0.1) is 25.0 Å². The zero-order valence-electron chi connectivity index (χ0n) is 14.4. The molecule has 25 heavy (non-hydrogen) atoms. The highest BCUT2D eigenvalue weighted by molar-refractivity contribution is 6.30. The number of piperazine rings is 1. The summed E-state index contributed by atoms with van der Waals surface area (Å²) in [6.45, 7) is 5.94. The molecule has 2 aromatic rings. The molecular weight excluding hydrogens is 347 g/mol. The first-order valence-electron chi connectivity index (χ1n) is 8.05. The van der Waals surface area contributed by atoms with Crippen LogP contribution in [-0.4, -0.2) is 47.7 Å². The van der Waals surface area contributed by atoms with Gasteiger partial charge in [0.1, 0.15) is 11.3 Å². The van der Waals surface area contributed by atoms with Crippen LogP contribution in [0.2, 0.25) is 5.15 Å². The molecule has 0 aliphatic carbocycles. The fraction of sp³-hybridized carbons (Fsp3) is 0.500. The molecule has 0 bridgehead atoms. The quantitative estimate of drug-likeness (QED) is 0.835. The minimum absolute atomic E-state index is 0.0230. The predicted molar refractivity (Wildman–Crippen MR) is 94.4 cm³/mol. The summed E-state index contributed by atoms with van der Waals surface area (Å²) in [5.74, 6) is -0.172. The van der Waals surface area contributed by atoms with Gasteiger partial charge in [0.2, 0.25) is 0 Å². The Morgan fingerprint density at radius 2 is 2.24 bits per heavy atom. The van der Waals surface area contributed by atoms with Crippen LogP contribution in [0.4, 0.5) is 10.2 Å². The molecule has 1 saturated heterocycles. The number of aromatic nitrogens is 3. The zero-order valence-corrected chi connectivity index (χ0v) is 15.1. The molecule has 3 heterocycles. The molecule has 7 nitrogen and oxygen atoms in total. The molecule has 3 rings (SSSR count). The number of pyridine rings is 1. The van der Waals surface area contributed by atoms with E-state index in [2.05, 4.69) is 26.3 Å². The fourth-order valence-electron chi connectivity index (χ4n) is 2.60. The van der Waals surface area contributed by atoms with Crippen molar-refractivity contribution in [3.8, 4) is 12.1 Å². The van der Waals surface area contributed by atoms with Crippen molar-refractivity contribution >= 4 is 28.3 Å². The number of ether oxygens (including phenoxy) is 1. The van der Waals surface area contributed by atoms with Crippen molar-refractivity contribution in [3.63, 3.8) is 0 Å². The van der Waals surface area contributed by atoms with Gasteiger partial charge in [0.25, 0.3) is 0 Å². The van der Waals surface area contributed by atoms with Gasteiger partial charge in [-0.05, 0) is 0 Å². The van der Waals surface area contributed by atoms with E-state index in [0.717, 1.165) is 0 Å². The van der Waals surface area contributed by atoms with Gasteiger partial charge in [-0.25, -0.2) is 9.37 Å². The third-order valence-electron chi connectivity index (χ3n) is 3.68. The number of hydrogen-bond acceptors (Lipinski definition) is 7. The van der Waals surface area contributed by atoms with Crippen molar-refractivity contribution in [2.45, 2.75) is 26.3 Å². The number of hydrogen-bond donors (Lipinski definition) is 1. The van der Waals surface area contributed by atoms with Crippen molar-refractivity contribution in [2.75, 3.05) is 31.6 Å². The summed E-state index contributed by atoms with van der Waals surface area (Å²) in [6, 6.07) is 2.23. The van der Waals surface area contributed by atoms with Gasteiger partial charge in [-0.15, -0.1) is 0 Å². The van der Waals surface area contributed by atoms with E-state index >= 15 is 0 Å². The largest absolute Gasteiger partial charge is 0.467 e. The monoisotopic (exact) mass is 366 g/mol. The van der Waals surface area contributed by atoms with E-state index in [4.69, 9.17) is 21.6 Å². The van der Waals surface area contributed by atoms with Crippen LogP contribution < -0.4 is 15.0 Å². The molecule has 0 amide bonds. The van der Waals surface area contributed by atoms with E-state index in [-0.39, 0.29) is 22.7 Å². The number of nitrogens with zero attached hydrogens (tertiary/aromatic N) is 5. The average molecular weight is 367 g/mol. The van der Waals surface area contributed by atoms with Gasteiger partial charge in [0.15, 0.2) is 11.0 Å². The molecule has 1 aliphatic heterocycles. The van der Waals surface area contributed by atoms with E-state index in [0.29, 0.717) is 37.3 Å². The Bertz CT molecular complexity index is 781.